The zero-order valence-corrected chi connectivity index (χ0v) is 15.2. The number of carboxylic acid groups (broad SMARTS) is 1. The Kier molecular flexibility index (Phi) is 6.52. The summed E-state index contributed by atoms with van der Waals surface area (Å²) in [5, 5.41) is 12.1. The van der Waals surface area contributed by atoms with Gasteiger partial charge in [0.15, 0.2) is 6.10 Å². The number of benzene rings is 2. The van der Waals surface area contributed by atoms with Crippen LogP contribution in [0.5, 0.6) is 5.75 Å². The van der Waals surface area contributed by atoms with E-state index in [0.717, 1.165) is 6.07 Å². The van der Waals surface area contributed by atoms with Gasteiger partial charge in [-0.05, 0) is 25.1 Å². The van der Waals surface area contributed by atoms with Crippen molar-refractivity contribution in [3.8, 4) is 5.75 Å². The Hall–Kier alpha value is -3.08. The highest BCUT2D eigenvalue weighted by Crippen LogP contribution is 2.33. The zero-order valence-electron chi connectivity index (χ0n) is 14.4. The fourth-order valence-electron chi connectivity index (χ4n) is 2.09. The van der Waals surface area contributed by atoms with E-state index in [9.17, 15) is 31.5 Å². The van der Waals surface area contributed by atoms with E-state index >= 15 is 0 Å². The van der Waals surface area contributed by atoms with Crippen molar-refractivity contribution in [3.63, 3.8) is 0 Å². The minimum atomic E-state index is -4.84. The van der Waals surface area contributed by atoms with Crippen LogP contribution in [0, 0.1) is 11.6 Å². The van der Waals surface area contributed by atoms with Crippen LogP contribution in [-0.4, -0.2) is 29.4 Å². The van der Waals surface area contributed by atoms with Gasteiger partial charge in [-0.25, -0.2) is 13.6 Å². The second-order valence-electron chi connectivity index (χ2n) is 5.61. The predicted octanol–water partition coefficient (Wildman–Crippen LogP) is 5.29. The van der Waals surface area contributed by atoms with Gasteiger partial charge in [-0.2, -0.15) is 13.2 Å². The number of hydrogen-bond donors (Lipinski definition) is 3. The molecule has 0 fully saturated rings. The third kappa shape index (κ3) is 5.47. The lowest BCUT2D eigenvalue weighted by Gasteiger charge is -2.20. The molecule has 0 aromatic heterocycles. The molecule has 156 valence electrons. The number of rotatable bonds is 5. The van der Waals surface area contributed by atoms with Crippen LogP contribution in [-0.2, 0) is 0 Å². The maximum Gasteiger partial charge on any atom is 0.425 e. The lowest BCUT2D eigenvalue weighted by molar-refractivity contribution is -0.189. The van der Waals surface area contributed by atoms with Gasteiger partial charge in [0.25, 0.3) is 5.91 Å². The van der Waals surface area contributed by atoms with Crippen molar-refractivity contribution in [3.05, 3.63) is 52.6 Å². The highest BCUT2D eigenvalue weighted by atomic mass is 35.5. The fourth-order valence-corrected chi connectivity index (χ4v) is 2.30. The highest BCUT2D eigenvalue weighted by molar-refractivity contribution is 6.34. The van der Waals surface area contributed by atoms with E-state index in [2.05, 4.69) is 0 Å². The monoisotopic (exact) mass is 438 g/mol. The van der Waals surface area contributed by atoms with Gasteiger partial charge in [-0.1, -0.05) is 17.7 Å². The summed E-state index contributed by atoms with van der Waals surface area (Å²) in [5.74, 6) is -4.24. The first-order valence-electron chi connectivity index (χ1n) is 7.72. The normalized spacial score (nSPS) is 12.2. The van der Waals surface area contributed by atoms with Crippen molar-refractivity contribution in [1.29, 1.82) is 0 Å². The zero-order chi connectivity index (χ0) is 21.9. The SMILES string of the molecule is CC(Oc1cc(NC(=O)O)c(F)cc1C(=O)Nc1c(F)cccc1Cl)C(F)(F)F. The number of carbonyl (C=O) groups is 2. The first-order chi connectivity index (χ1) is 13.4. The van der Waals surface area contributed by atoms with Crippen LogP contribution in [0.3, 0.4) is 0 Å². The predicted molar refractivity (Wildman–Crippen MR) is 93.6 cm³/mol. The van der Waals surface area contributed by atoms with Gasteiger partial charge in [-0.3, -0.25) is 10.1 Å². The topological polar surface area (TPSA) is 87.7 Å². The summed E-state index contributed by atoms with van der Waals surface area (Å²) in [4.78, 5) is 23.2. The van der Waals surface area contributed by atoms with Gasteiger partial charge >= 0.3 is 12.3 Å². The molecule has 0 aliphatic heterocycles. The van der Waals surface area contributed by atoms with Gasteiger partial charge < -0.3 is 15.2 Å². The van der Waals surface area contributed by atoms with Gasteiger partial charge in [0.2, 0.25) is 0 Å². The number of para-hydroxylation sites is 1. The molecule has 3 N–H and O–H groups in total. The van der Waals surface area contributed by atoms with Crippen molar-refractivity contribution < 1.29 is 41.4 Å². The number of nitrogens with one attached hydrogen (secondary N) is 2. The van der Waals surface area contributed by atoms with Gasteiger partial charge in [0.1, 0.15) is 17.4 Å². The summed E-state index contributed by atoms with van der Waals surface area (Å²) in [7, 11) is 0. The molecule has 2 rings (SSSR count). The second-order valence-corrected chi connectivity index (χ2v) is 6.02. The number of hydrogen-bond acceptors (Lipinski definition) is 3. The standard InChI is InChI=1S/C17H12ClF5N2O4/c1-7(17(21,22)23)29-13-6-12(24-16(27)28)11(20)5-8(13)15(26)25-14-9(18)3-2-4-10(14)19/h2-7,24H,1H3,(H,25,26)(H,27,28). The van der Waals surface area contributed by atoms with E-state index in [1.54, 1.807) is 5.32 Å². The Balaban J connectivity index is 2.49. The second kappa shape index (κ2) is 8.52. The largest absolute Gasteiger partial charge is 0.480 e. The number of carbonyl (C=O) groups excluding carboxylic acids is 1. The minimum absolute atomic E-state index is 0.214. The molecule has 0 radical (unpaired) electrons. The molecule has 0 spiro atoms. The van der Waals surface area contributed by atoms with E-state index in [-0.39, 0.29) is 5.02 Å². The van der Waals surface area contributed by atoms with Crippen LogP contribution in [0.25, 0.3) is 0 Å². The highest BCUT2D eigenvalue weighted by Gasteiger charge is 2.39. The molecule has 0 aliphatic carbocycles. The van der Waals surface area contributed by atoms with Crippen molar-refractivity contribution >= 4 is 35.0 Å². The van der Waals surface area contributed by atoms with Crippen LogP contribution < -0.4 is 15.4 Å². The molecule has 0 saturated heterocycles. The van der Waals surface area contributed by atoms with Crippen molar-refractivity contribution in [2.24, 2.45) is 0 Å². The molecule has 1 atom stereocenters. The summed E-state index contributed by atoms with van der Waals surface area (Å²) in [5.41, 5.74) is -1.97. The Morgan fingerprint density at radius 1 is 1.14 bits per heavy atom. The summed E-state index contributed by atoms with van der Waals surface area (Å²) in [6.07, 6.45) is -8.96. The minimum Gasteiger partial charge on any atom is -0.480 e. The van der Waals surface area contributed by atoms with E-state index in [0.29, 0.717) is 19.1 Å². The lowest BCUT2D eigenvalue weighted by Crippen LogP contribution is -2.32. The Labute approximate surface area is 165 Å². The summed E-state index contributed by atoms with van der Waals surface area (Å²) >= 11 is 5.77. The molecule has 2 aromatic rings. The Morgan fingerprint density at radius 3 is 2.34 bits per heavy atom. The molecule has 2 aromatic carbocycles. The summed E-state index contributed by atoms with van der Waals surface area (Å²) < 4.78 is 71.2. The summed E-state index contributed by atoms with van der Waals surface area (Å²) in [6, 6.07) is 4.48. The molecule has 0 bridgehead atoms. The average molecular weight is 439 g/mol. The Morgan fingerprint density at radius 2 is 1.79 bits per heavy atom. The third-order valence-electron chi connectivity index (χ3n) is 3.52. The molecule has 0 saturated carbocycles. The molecule has 1 unspecified atom stereocenters. The molecule has 0 heterocycles. The van der Waals surface area contributed by atoms with Crippen LogP contribution in [0.1, 0.15) is 17.3 Å². The number of ether oxygens (including phenoxy) is 1. The average Bonchev–Trinajstić information content (AvgIpc) is 2.59. The molecule has 2 amide bonds. The van der Waals surface area contributed by atoms with E-state index in [1.165, 1.54) is 12.1 Å². The maximum atomic E-state index is 14.1. The third-order valence-corrected chi connectivity index (χ3v) is 3.84. The maximum absolute atomic E-state index is 14.1. The first-order valence-corrected chi connectivity index (χ1v) is 8.10. The number of alkyl halides is 3. The molecular formula is C17H12ClF5N2O4. The Bertz CT molecular complexity index is 932. The van der Waals surface area contributed by atoms with Gasteiger partial charge in [-0.15, -0.1) is 0 Å². The smallest absolute Gasteiger partial charge is 0.425 e. The molecule has 6 nitrogen and oxygen atoms in total. The van der Waals surface area contributed by atoms with Crippen molar-refractivity contribution in [1.82, 2.24) is 0 Å². The van der Waals surface area contributed by atoms with Crippen LogP contribution in [0.4, 0.5) is 38.1 Å². The van der Waals surface area contributed by atoms with Gasteiger partial charge in [0, 0.05) is 6.07 Å². The van der Waals surface area contributed by atoms with Crippen LogP contribution in [0.15, 0.2) is 30.3 Å². The fraction of sp³-hybridized carbons (Fsp3) is 0.176. The molecule has 29 heavy (non-hydrogen) atoms. The van der Waals surface area contributed by atoms with E-state index in [1.807, 2.05) is 5.32 Å². The van der Waals surface area contributed by atoms with E-state index in [4.69, 9.17) is 21.4 Å². The molecular weight excluding hydrogens is 427 g/mol. The molecule has 12 heteroatoms. The van der Waals surface area contributed by atoms with Crippen molar-refractivity contribution in [2.75, 3.05) is 10.6 Å². The molecule has 0 aliphatic rings. The number of halogens is 6. The van der Waals surface area contributed by atoms with Crippen molar-refractivity contribution in [2.45, 2.75) is 19.2 Å². The quantitative estimate of drug-likeness (QED) is 0.553. The van der Waals surface area contributed by atoms with E-state index < -0.39 is 58.6 Å². The van der Waals surface area contributed by atoms with Crippen LogP contribution >= 0.6 is 11.6 Å². The summed E-state index contributed by atoms with van der Waals surface area (Å²) in [6.45, 7) is 0.628. The first kappa shape index (κ1) is 22.2. The van der Waals surface area contributed by atoms with Gasteiger partial charge in [0.05, 0.1) is 22.0 Å². The lowest BCUT2D eigenvalue weighted by atomic mass is 10.1. The number of anilines is 2. The van der Waals surface area contributed by atoms with Crippen LogP contribution in [0.2, 0.25) is 5.02 Å². The number of amides is 2.